The van der Waals surface area contributed by atoms with Crippen molar-refractivity contribution in [1.82, 2.24) is 10.2 Å². The van der Waals surface area contributed by atoms with Gasteiger partial charge in [-0.05, 0) is 25.9 Å². The van der Waals surface area contributed by atoms with Gasteiger partial charge in [-0.1, -0.05) is 6.92 Å². The maximum absolute atomic E-state index is 11.9. The van der Waals surface area contributed by atoms with E-state index in [-0.39, 0.29) is 11.8 Å². The predicted octanol–water partition coefficient (Wildman–Crippen LogP) is -0.207. The number of carbonyl (C=O) groups excluding carboxylic acids is 1. The zero-order chi connectivity index (χ0) is 10.4. The maximum Gasteiger partial charge on any atom is 0.225 e. The average Bonchev–Trinajstić information content (AvgIpc) is 2.45. The number of hydrogen-bond acceptors (Lipinski definition) is 3. The van der Waals surface area contributed by atoms with Crippen molar-refractivity contribution < 1.29 is 4.79 Å². The van der Waals surface area contributed by atoms with Crippen LogP contribution in [0.2, 0.25) is 0 Å². The lowest BCUT2D eigenvalue weighted by atomic mass is 10.1. The lowest BCUT2D eigenvalue weighted by molar-refractivity contribution is -0.134. The summed E-state index contributed by atoms with van der Waals surface area (Å²) in [5.74, 6) is 0.345. The lowest BCUT2D eigenvalue weighted by Crippen LogP contribution is -2.38. The first-order valence-corrected chi connectivity index (χ1v) is 5.45. The molecule has 3 N–H and O–H groups in total. The summed E-state index contributed by atoms with van der Waals surface area (Å²) in [6.45, 7) is 6.23. The number of amides is 1. The fraction of sp³-hybridized carbons (Fsp3) is 0.900. The van der Waals surface area contributed by atoms with Gasteiger partial charge in [0, 0.05) is 25.6 Å². The lowest BCUT2D eigenvalue weighted by Gasteiger charge is -2.23. The first kappa shape index (κ1) is 11.5. The molecule has 0 radical (unpaired) electrons. The summed E-state index contributed by atoms with van der Waals surface area (Å²) in [6.07, 6.45) is 1.85. The number of nitrogens with zero attached hydrogens (tertiary/aromatic N) is 1. The Morgan fingerprint density at radius 2 is 2.29 bits per heavy atom. The minimum Gasteiger partial charge on any atom is -0.341 e. The first-order chi connectivity index (χ1) is 6.75. The molecule has 1 rings (SSSR count). The van der Waals surface area contributed by atoms with Crippen molar-refractivity contribution in [2.75, 3.05) is 32.7 Å². The van der Waals surface area contributed by atoms with Crippen LogP contribution in [0.15, 0.2) is 0 Å². The topological polar surface area (TPSA) is 58.4 Å². The van der Waals surface area contributed by atoms with E-state index in [0.717, 1.165) is 39.0 Å². The number of nitrogens with one attached hydrogen (secondary N) is 1. The SMILES string of the molecule is CC(CCN)C(=O)N1CCCNCC1. The van der Waals surface area contributed by atoms with Gasteiger partial charge in [0.2, 0.25) is 5.91 Å². The molecule has 0 aromatic heterocycles. The second-order valence-corrected chi connectivity index (χ2v) is 3.91. The van der Waals surface area contributed by atoms with Crippen LogP contribution < -0.4 is 11.1 Å². The molecule has 14 heavy (non-hydrogen) atoms. The molecule has 1 atom stereocenters. The van der Waals surface area contributed by atoms with E-state index >= 15 is 0 Å². The number of nitrogens with two attached hydrogens (primary N) is 1. The number of carbonyl (C=O) groups is 1. The summed E-state index contributed by atoms with van der Waals surface area (Å²) in [5, 5.41) is 3.28. The Bertz CT molecular complexity index is 176. The van der Waals surface area contributed by atoms with Crippen molar-refractivity contribution in [3.63, 3.8) is 0 Å². The molecule has 1 unspecified atom stereocenters. The smallest absolute Gasteiger partial charge is 0.225 e. The van der Waals surface area contributed by atoms with E-state index in [4.69, 9.17) is 5.73 Å². The molecule has 0 spiro atoms. The van der Waals surface area contributed by atoms with E-state index < -0.39 is 0 Å². The van der Waals surface area contributed by atoms with E-state index in [1.807, 2.05) is 11.8 Å². The highest BCUT2D eigenvalue weighted by Crippen LogP contribution is 2.07. The molecule has 0 saturated carbocycles. The van der Waals surface area contributed by atoms with Crippen molar-refractivity contribution in [3.8, 4) is 0 Å². The summed E-state index contributed by atoms with van der Waals surface area (Å²) in [5.41, 5.74) is 5.44. The summed E-state index contributed by atoms with van der Waals surface area (Å²) in [6, 6.07) is 0. The molecule has 0 aromatic carbocycles. The maximum atomic E-state index is 11.9. The molecule has 0 aliphatic carbocycles. The Kier molecular flexibility index (Phi) is 4.90. The van der Waals surface area contributed by atoms with Crippen LogP contribution in [0.5, 0.6) is 0 Å². The highest BCUT2D eigenvalue weighted by molar-refractivity contribution is 5.78. The van der Waals surface area contributed by atoms with Crippen LogP contribution in [0, 0.1) is 5.92 Å². The van der Waals surface area contributed by atoms with Gasteiger partial charge in [0.25, 0.3) is 0 Å². The zero-order valence-electron chi connectivity index (χ0n) is 8.96. The van der Waals surface area contributed by atoms with Crippen LogP contribution in [-0.4, -0.2) is 43.5 Å². The Hall–Kier alpha value is -0.610. The standard InChI is InChI=1S/C10H21N3O/c1-9(3-4-11)10(14)13-7-2-5-12-6-8-13/h9,12H,2-8,11H2,1H3. The summed E-state index contributed by atoms with van der Waals surface area (Å²) < 4.78 is 0. The van der Waals surface area contributed by atoms with Crippen molar-refractivity contribution in [2.24, 2.45) is 11.7 Å². The van der Waals surface area contributed by atoms with Gasteiger partial charge in [0.05, 0.1) is 0 Å². The second kappa shape index (κ2) is 5.98. The minimum absolute atomic E-state index is 0.0816. The summed E-state index contributed by atoms with van der Waals surface area (Å²) in [4.78, 5) is 13.8. The summed E-state index contributed by atoms with van der Waals surface area (Å²) >= 11 is 0. The van der Waals surface area contributed by atoms with E-state index in [2.05, 4.69) is 5.32 Å². The fourth-order valence-corrected chi connectivity index (χ4v) is 1.75. The Balaban J connectivity index is 2.40. The molecule has 1 saturated heterocycles. The molecule has 82 valence electrons. The van der Waals surface area contributed by atoms with Crippen LogP contribution in [0.1, 0.15) is 19.8 Å². The molecule has 1 heterocycles. The van der Waals surface area contributed by atoms with Crippen molar-refractivity contribution in [2.45, 2.75) is 19.8 Å². The van der Waals surface area contributed by atoms with Gasteiger partial charge in [0.15, 0.2) is 0 Å². The molecule has 1 aliphatic heterocycles. The van der Waals surface area contributed by atoms with Gasteiger partial charge in [-0.25, -0.2) is 0 Å². The number of rotatable bonds is 3. The second-order valence-electron chi connectivity index (χ2n) is 3.91. The van der Waals surface area contributed by atoms with Crippen LogP contribution in [0.3, 0.4) is 0 Å². The molecule has 4 nitrogen and oxygen atoms in total. The third kappa shape index (κ3) is 3.27. The van der Waals surface area contributed by atoms with Gasteiger partial charge in [-0.15, -0.1) is 0 Å². The van der Waals surface area contributed by atoms with E-state index in [9.17, 15) is 4.79 Å². The average molecular weight is 199 g/mol. The van der Waals surface area contributed by atoms with Crippen molar-refractivity contribution >= 4 is 5.91 Å². The van der Waals surface area contributed by atoms with Crippen LogP contribution >= 0.6 is 0 Å². The molecule has 0 aromatic rings. The van der Waals surface area contributed by atoms with Gasteiger partial charge < -0.3 is 16.0 Å². The Labute approximate surface area is 85.8 Å². The Morgan fingerprint density at radius 3 is 3.00 bits per heavy atom. The fourth-order valence-electron chi connectivity index (χ4n) is 1.75. The van der Waals surface area contributed by atoms with E-state index in [1.54, 1.807) is 0 Å². The van der Waals surface area contributed by atoms with Gasteiger partial charge in [-0.3, -0.25) is 4.79 Å². The molecule has 1 fully saturated rings. The van der Waals surface area contributed by atoms with E-state index in [1.165, 1.54) is 0 Å². The molecular weight excluding hydrogens is 178 g/mol. The molecule has 1 aliphatic rings. The molecule has 4 heteroatoms. The highest BCUT2D eigenvalue weighted by Gasteiger charge is 2.20. The van der Waals surface area contributed by atoms with Gasteiger partial charge in [-0.2, -0.15) is 0 Å². The van der Waals surface area contributed by atoms with Crippen molar-refractivity contribution in [1.29, 1.82) is 0 Å². The monoisotopic (exact) mass is 199 g/mol. The van der Waals surface area contributed by atoms with Crippen molar-refractivity contribution in [3.05, 3.63) is 0 Å². The van der Waals surface area contributed by atoms with Gasteiger partial charge in [0.1, 0.15) is 0 Å². The Morgan fingerprint density at radius 1 is 1.50 bits per heavy atom. The van der Waals surface area contributed by atoms with Crippen LogP contribution in [-0.2, 0) is 4.79 Å². The third-order valence-corrected chi connectivity index (χ3v) is 2.67. The van der Waals surface area contributed by atoms with E-state index in [0.29, 0.717) is 6.54 Å². The first-order valence-electron chi connectivity index (χ1n) is 5.45. The van der Waals surface area contributed by atoms with Crippen LogP contribution in [0.4, 0.5) is 0 Å². The molecule has 1 amide bonds. The third-order valence-electron chi connectivity index (χ3n) is 2.67. The minimum atomic E-state index is 0.0816. The number of hydrogen-bond donors (Lipinski definition) is 2. The molecular formula is C10H21N3O. The van der Waals surface area contributed by atoms with Crippen LogP contribution in [0.25, 0.3) is 0 Å². The summed E-state index contributed by atoms with van der Waals surface area (Å²) in [7, 11) is 0. The quantitative estimate of drug-likeness (QED) is 0.661. The largest absolute Gasteiger partial charge is 0.341 e. The normalized spacial score (nSPS) is 20.3. The van der Waals surface area contributed by atoms with Gasteiger partial charge >= 0.3 is 0 Å². The predicted molar refractivity (Wildman–Crippen MR) is 56.9 cm³/mol. The molecule has 0 bridgehead atoms. The highest BCUT2D eigenvalue weighted by atomic mass is 16.2. The zero-order valence-corrected chi connectivity index (χ0v) is 8.96.